The molecule has 5 rings (SSSR count). The smallest absolute Gasteiger partial charge is 0.255 e. The molecule has 184 valence electrons. The monoisotopic (exact) mass is 510 g/mol. The molecule has 2 amide bonds. The van der Waals surface area contributed by atoms with Crippen molar-refractivity contribution in [2.75, 3.05) is 11.9 Å². The van der Waals surface area contributed by atoms with Gasteiger partial charge < -0.3 is 15.1 Å². The van der Waals surface area contributed by atoms with Gasteiger partial charge >= 0.3 is 0 Å². The molecule has 3 aromatic heterocycles. The number of aryl methyl sites for hydroxylation is 2. The van der Waals surface area contributed by atoms with Crippen LogP contribution in [0.4, 0.5) is 10.9 Å². The summed E-state index contributed by atoms with van der Waals surface area (Å²) in [6, 6.07) is 3.99. The maximum absolute atomic E-state index is 13.3. The Morgan fingerprint density at radius 2 is 1.91 bits per heavy atom. The normalized spacial score (nSPS) is 22.6. The summed E-state index contributed by atoms with van der Waals surface area (Å²) in [5.41, 5.74) is 2.47. The van der Waals surface area contributed by atoms with Crippen molar-refractivity contribution in [1.29, 1.82) is 0 Å². The summed E-state index contributed by atoms with van der Waals surface area (Å²) in [6.07, 6.45) is 4.87. The Hall–Kier alpha value is -2.85. The van der Waals surface area contributed by atoms with Crippen LogP contribution in [-0.2, 0) is 4.79 Å². The van der Waals surface area contributed by atoms with Crippen molar-refractivity contribution < 1.29 is 9.59 Å². The van der Waals surface area contributed by atoms with Gasteiger partial charge in [0, 0.05) is 42.7 Å². The number of hydrogen-bond acceptors (Lipinski definition) is 8. The number of carbonyl (C=O) groups is 2. The first-order valence-electron chi connectivity index (χ1n) is 12.0. The molecule has 8 nitrogen and oxygen atoms in total. The molecule has 0 aromatic carbocycles. The van der Waals surface area contributed by atoms with Crippen LogP contribution in [0.25, 0.3) is 10.6 Å². The third-order valence-electron chi connectivity index (χ3n) is 6.85. The van der Waals surface area contributed by atoms with Gasteiger partial charge in [0.15, 0.2) is 5.13 Å². The zero-order chi connectivity index (χ0) is 24.7. The number of amides is 2. The lowest BCUT2D eigenvalue weighted by molar-refractivity contribution is -0.131. The van der Waals surface area contributed by atoms with E-state index in [1.807, 2.05) is 41.2 Å². The molecule has 0 bridgehead atoms. The van der Waals surface area contributed by atoms with Gasteiger partial charge in [0.25, 0.3) is 5.91 Å². The van der Waals surface area contributed by atoms with E-state index in [4.69, 9.17) is 0 Å². The van der Waals surface area contributed by atoms with Crippen molar-refractivity contribution in [1.82, 2.24) is 24.8 Å². The minimum Gasteiger partial charge on any atom is -0.340 e. The van der Waals surface area contributed by atoms with Gasteiger partial charge in [0.2, 0.25) is 5.91 Å². The number of aromatic nitrogens is 3. The van der Waals surface area contributed by atoms with E-state index < -0.39 is 0 Å². The van der Waals surface area contributed by atoms with Gasteiger partial charge in [-0.3, -0.25) is 9.59 Å². The predicted molar refractivity (Wildman–Crippen MR) is 139 cm³/mol. The van der Waals surface area contributed by atoms with E-state index in [9.17, 15) is 9.59 Å². The van der Waals surface area contributed by atoms with Gasteiger partial charge in [0.1, 0.15) is 5.82 Å². The molecule has 1 N–H and O–H groups in total. The lowest BCUT2D eigenvalue weighted by Gasteiger charge is -2.45. The number of thiazole rings is 2. The second-order valence-corrected chi connectivity index (χ2v) is 11.5. The van der Waals surface area contributed by atoms with Crippen LogP contribution in [0.2, 0.25) is 0 Å². The molecule has 2 aliphatic rings. The maximum Gasteiger partial charge on any atom is 0.255 e. The molecule has 3 aromatic rings. The van der Waals surface area contributed by atoms with Gasteiger partial charge in [-0.05, 0) is 59.1 Å². The highest BCUT2D eigenvalue weighted by atomic mass is 32.1. The molecule has 5 heterocycles. The molecule has 2 saturated heterocycles. The van der Waals surface area contributed by atoms with Crippen LogP contribution in [0.5, 0.6) is 0 Å². The molecule has 35 heavy (non-hydrogen) atoms. The molecule has 2 aliphatic heterocycles. The first-order chi connectivity index (χ1) is 16.8. The van der Waals surface area contributed by atoms with Crippen molar-refractivity contribution in [3.8, 4) is 10.6 Å². The number of hydrogen-bond donors (Lipinski definition) is 1. The van der Waals surface area contributed by atoms with Crippen molar-refractivity contribution in [3.63, 3.8) is 0 Å². The Kier molecular flexibility index (Phi) is 6.59. The average Bonchev–Trinajstić information content (AvgIpc) is 3.53. The minimum atomic E-state index is -0.0113. The van der Waals surface area contributed by atoms with Gasteiger partial charge in [0.05, 0.1) is 26.8 Å². The van der Waals surface area contributed by atoms with E-state index in [0.717, 1.165) is 52.2 Å². The second-order valence-electron chi connectivity index (χ2n) is 9.47. The van der Waals surface area contributed by atoms with Gasteiger partial charge in [-0.2, -0.15) is 0 Å². The van der Waals surface area contributed by atoms with Crippen molar-refractivity contribution >= 4 is 45.4 Å². The molecule has 10 heteroatoms. The highest BCUT2D eigenvalue weighted by Gasteiger charge is 2.39. The molecule has 0 aliphatic carbocycles. The molecule has 0 saturated carbocycles. The number of nitrogens with one attached hydrogen (secondary N) is 1. The number of anilines is 2. The standard InChI is InChI=1S/C25H30N6O2S2/c1-14-10-19(30-9-5-6-22(30)32)11-15(2)31(14)24(33)18-7-8-21(26-12-18)29-25-28-20(13-34-25)23-16(3)27-17(4)35-23/h7-8,12-15,19H,5-6,9-11H2,1-4H3,(H,26,28,29)/t14-,15+,19?. The molecular weight excluding hydrogens is 480 g/mol. The summed E-state index contributed by atoms with van der Waals surface area (Å²) >= 11 is 3.16. The summed E-state index contributed by atoms with van der Waals surface area (Å²) < 4.78 is 0. The van der Waals surface area contributed by atoms with Crippen molar-refractivity contribution in [2.24, 2.45) is 0 Å². The summed E-state index contributed by atoms with van der Waals surface area (Å²) in [5, 5.41) is 7.03. The van der Waals surface area contributed by atoms with Crippen molar-refractivity contribution in [3.05, 3.63) is 40.0 Å². The molecule has 2 fully saturated rings. The van der Waals surface area contributed by atoms with Gasteiger partial charge in [-0.25, -0.2) is 15.0 Å². The zero-order valence-corrected chi connectivity index (χ0v) is 22.1. The summed E-state index contributed by atoms with van der Waals surface area (Å²) in [4.78, 5) is 44.2. The quantitative estimate of drug-likeness (QED) is 0.518. The van der Waals surface area contributed by atoms with Crippen LogP contribution in [0.3, 0.4) is 0 Å². The number of pyridine rings is 1. The SMILES string of the molecule is Cc1nc(C)c(-c2csc(Nc3ccc(C(=O)N4[C@H](C)CC(N5CCCC5=O)C[C@@H]4C)cn3)n2)s1. The minimum absolute atomic E-state index is 0.0113. The van der Waals surface area contributed by atoms with E-state index in [2.05, 4.69) is 34.1 Å². The lowest BCUT2D eigenvalue weighted by atomic mass is 9.91. The Bertz CT molecular complexity index is 1230. The fraction of sp³-hybridized carbons (Fsp3) is 0.480. The first-order valence-corrected chi connectivity index (χ1v) is 13.7. The maximum atomic E-state index is 13.3. The highest BCUT2D eigenvalue weighted by Crippen LogP contribution is 2.33. The average molecular weight is 511 g/mol. The number of rotatable bonds is 5. The largest absolute Gasteiger partial charge is 0.340 e. The summed E-state index contributed by atoms with van der Waals surface area (Å²) in [6.45, 7) is 9.00. The Balaban J connectivity index is 1.24. The Labute approximate surface area is 213 Å². The Morgan fingerprint density at radius 1 is 1.14 bits per heavy atom. The third-order valence-corrected chi connectivity index (χ3v) is 8.70. The molecule has 0 spiro atoms. The van der Waals surface area contributed by atoms with Crippen LogP contribution < -0.4 is 5.32 Å². The topological polar surface area (TPSA) is 91.3 Å². The molecule has 0 radical (unpaired) electrons. The zero-order valence-electron chi connectivity index (χ0n) is 20.4. The van der Waals surface area contributed by atoms with E-state index in [-0.39, 0.29) is 29.9 Å². The van der Waals surface area contributed by atoms with Crippen LogP contribution in [0.1, 0.15) is 60.6 Å². The van der Waals surface area contributed by atoms with Gasteiger partial charge in [-0.15, -0.1) is 22.7 Å². The van der Waals surface area contributed by atoms with Crippen molar-refractivity contribution in [2.45, 2.75) is 71.5 Å². The third kappa shape index (κ3) is 4.81. The van der Waals surface area contributed by atoms with Crippen LogP contribution in [0.15, 0.2) is 23.7 Å². The van der Waals surface area contributed by atoms with Crippen LogP contribution >= 0.6 is 22.7 Å². The van der Waals surface area contributed by atoms with Crippen LogP contribution in [0, 0.1) is 13.8 Å². The first kappa shape index (κ1) is 23.9. The van der Waals surface area contributed by atoms with Crippen LogP contribution in [-0.4, -0.2) is 61.2 Å². The van der Waals surface area contributed by atoms with E-state index >= 15 is 0 Å². The fourth-order valence-corrected chi connectivity index (χ4v) is 6.98. The van der Waals surface area contributed by atoms with Gasteiger partial charge in [-0.1, -0.05) is 0 Å². The summed E-state index contributed by atoms with van der Waals surface area (Å²) in [7, 11) is 0. The molecule has 1 unspecified atom stereocenters. The number of piperidine rings is 1. The van der Waals surface area contributed by atoms with E-state index in [0.29, 0.717) is 17.8 Å². The summed E-state index contributed by atoms with van der Waals surface area (Å²) in [5.74, 6) is 0.890. The molecule has 3 atom stereocenters. The fourth-order valence-electron chi connectivity index (χ4n) is 5.31. The predicted octanol–water partition coefficient (Wildman–Crippen LogP) is 5.03. The number of likely N-dealkylation sites (tertiary alicyclic amines) is 2. The highest BCUT2D eigenvalue weighted by molar-refractivity contribution is 7.16. The lowest BCUT2D eigenvalue weighted by Crippen LogP contribution is -2.55. The van der Waals surface area contributed by atoms with E-state index in [1.54, 1.807) is 17.5 Å². The Morgan fingerprint density at radius 3 is 2.51 bits per heavy atom. The number of carbonyl (C=O) groups excluding carboxylic acids is 2. The second kappa shape index (κ2) is 9.66. The number of nitrogens with zero attached hydrogens (tertiary/aromatic N) is 5. The molecular formula is C25H30N6O2S2. The van der Waals surface area contributed by atoms with E-state index in [1.165, 1.54) is 11.3 Å².